The van der Waals surface area contributed by atoms with E-state index < -0.39 is 0 Å². The van der Waals surface area contributed by atoms with E-state index in [0.29, 0.717) is 11.9 Å². The van der Waals surface area contributed by atoms with Crippen LogP contribution in [0.15, 0.2) is 0 Å². The Labute approximate surface area is 126 Å². The summed E-state index contributed by atoms with van der Waals surface area (Å²) in [6, 6.07) is 0.267. The molecule has 1 saturated carbocycles. The van der Waals surface area contributed by atoms with Crippen molar-refractivity contribution in [2.75, 3.05) is 23.7 Å². The van der Waals surface area contributed by atoms with Crippen LogP contribution in [-0.4, -0.2) is 29.1 Å². The largest absolute Gasteiger partial charge is 0.368 e. The molecule has 0 spiro atoms. The minimum atomic E-state index is 0.267. The third-order valence-electron chi connectivity index (χ3n) is 5.58. The lowest BCUT2D eigenvalue weighted by molar-refractivity contribution is 0.270. The van der Waals surface area contributed by atoms with Gasteiger partial charge in [0.1, 0.15) is 5.82 Å². The highest BCUT2D eigenvalue weighted by molar-refractivity contribution is 5.54. The lowest BCUT2D eigenvalue weighted by atomic mass is 9.70. The highest BCUT2D eigenvalue weighted by atomic mass is 15.2. The van der Waals surface area contributed by atoms with Gasteiger partial charge in [-0.3, -0.25) is 0 Å². The molecule has 3 atom stereocenters. The molecule has 0 unspecified atom stereocenters. The Kier molecular flexibility index (Phi) is 3.25. The van der Waals surface area contributed by atoms with Crippen LogP contribution in [0.2, 0.25) is 0 Å². The third-order valence-corrected chi connectivity index (χ3v) is 5.58. The molecule has 2 aliphatic carbocycles. The minimum Gasteiger partial charge on any atom is -0.368 e. The minimum absolute atomic E-state index is 0.267. The summed E-state index contributed by atoms with van der Waals surface area (Å²) in [6.45, 7) is 1.90. The lowest BCUT2D eigenvalue weighted by Crippen LogP contribution is -2.31. The quantitative estimate of drug-likeness (QED) is 0.823. The van der Waals surface area contributed by atoms with E-state index in [4.69, 9.17) is 11.5 Å². The number of anilines is 2. The van der Waals surface area contributed by atoms with Gasteiger partial charge in [-0.15, -0.1) is 0 Å². The number of aromatic nitrogens is 2. The van der Waals surface area contributed by atoms with Crippen molar-refractivity contribution < 1.29 is 0 Å². The van der Waals surface area contributed by atoms with E-state index in [2.05, 4.69) is 14.9 Å². The molecule has 1 saturated heterocycles. The van der Waals surface area contributed by atoms with Gasteiger partial charge in [-0.2, -0.15) is 4.98 Å². The van der Waals surface area contributed by atoms with Crippen molar-refractivity contribution in [2.45, 2.75) is 56.9 Å². The second-order valence-electron chi connectivity index (χ2n) is 6.95. The number of hydrogen-bond donors (Lipinski definition) is 2. The molecule has 21 heavy (non-hydrogen) atoms. The average molecular weight is 287 g/mol. The normalized spacial score (nSPS) is 31.9. The van der Waals surface area contributed by atoms with E-state index in [1.54, 1.807) is 0 Å². The first-order valence-corrected chi connectivity index (χ1v) is 8.39. The third kappa shape index (κ3) is 2.27. The zero-order valence-electron chi connectivity index (χ0n) is 12.6. The van der Waals surface area contributed by atoms with Crippen LogP contribution in [0.25, 0.3) is 0 Å². The first-order chi connectivity index (χ1) is 10.2. The molecule has 0 radical (unpaired) electrons. The van der Waals surface area contributed by atoms with Crippen molar-refractivity contribution in [3.8, 4) is 0 Å². The number of rotatable bonds is 1. The monoisotopic (exact) mass is 287 g/mol. The van der Waals surface area contributed by atoms with E-state index in [1.807, 2.05) is 0 Å². The number of fused-ring (bicyclic) bond motifs is 3. The van der Waals surface area contributed by atoms with E-state index in [0.717, 1.165) is 37.7 Å². The van der Waals surface area contributed by atoms with Crippen LogP contribution in [-0.2, 0) is 6.42 Å². The van der Waals surface area contributed by atoms with Crippen LogP contribution in [0.1, 0.15) is 55.7 Å². The van der Waals surface area contributed by atoms with E-state index in [1.165, 1.54) is 43.4 Å². The first-order valence-electron chi connectivity index (χ1n) is 8.39. The van der Waals surface area contributed by atoms with Crippen molar-refractivity contribution >= 4 is 11.8 Å². The predicted octanol–water partition coefficient (Wildman–Crippen LogP) is 1.82. The standard InChI is InChI=1S/C16H25N5/c17-11-7-8-21(9-11)15-13-6-5-10-3-1-2-4-12(10)14(13)19-16(18)20-15/h10-12H,1-9,17H2,(H2,18,19,20)/t10-,11-,12-/m1/s1. The van der Waals surface area contributed by atoms with Gasteiger partial charge in [-0.05, 0) is 38.0 Å². The summed E-state index contributed by atoms with van der Waals surface area (Å²) in [6.07, 6.45) is 8.78. The summed E-state index contributed by atoms with van der Waals surface area (Å²) in [5.74, 6) is 2.95. The maximum Gasteiger partial charge on any atom is 0.222 e. The Morgan fingerprint density at radius 2 is 1.90 bits per heavy atom. The van der Waals surface area contributed by atoms with Crippen molar-refractivity contribution in [2.24, 2.45) is 11.7 Å². The summed E-state index contributed by atoms with van der Waals surface area (Å²) >= 11 is 0. The highest BCUT2D eigenvalue weighted by Gasteiger charge is 2.36. The molecular weight excluding hydrogens is 262 g/mol. The van der Waals surface area contributed by atoms with E-state index in [-0.39, 0.29) is 6.04 Å². The Morgan fingerprint density at radius 3 is 2.71 bits per heavy atom. The molecule has 2 fully saturated rings. The lowest BCUT2D eigenvalue weighted by Gasteiger charge is -2.37. The molecule has 1 aromatic rings. The molecule has 0 aromatic carbocycles. The number of hydrogen-bond acceptors (Lipinski definition) is 5. The summed E-state index contributed by atoms with van der Waals surface area (Å²) in [7, 11) is 0. The number of nitrogen functional groups attached to an aromatic ring is 1. The van der Waals surface area contributed by atoms with Crippen LogP contribution in [0.4, 0.5) is 11.8 Å². The van der Waals surface area contributed by atoms with Gasteiger partial charge in [-0.25, -0.2) is 4.98 Å². The van der Waals surface area contributed by atoms with Crippen LogP contribution in [0, 0.1) is 5.92 Å². The second kappa shape index (κ2) is 5.13. The van der Waals surface area contributed by atoms with E-state index >= 15 is 0 Å². The molecule has 0 amide bonds. The van der Waals surface area contributed by atoms with Gasteiger partial charge in [0.05, 0.1) is 5.69 Å². The Balaban J connectivity index is 1.74. The zero-order chi connectivity index (χ0) is 14.4. The van der Waals surface area contributed by atoms with Crippen molar-refractivity contribution in [1.82, 2.24) is 9.97 Å². The Morgan fingerprint density at radius 1 is 1.05 bits per heavy atom. The molecule has 5 heteroatoms. The predicted molar refractivity (Wildman–Crippen MR) is 84.3 cm³/mol. The molecule has 1 aliphatic heterocycles. The van der Waals surface area contributed by atoms with Crippen LogP contribution < -0.4 is 16.4 Å². The van der Waals surface area contributed by atoms with Gasteiger partial charge < -0.3 is 16.4 Å². The topological polar surface area (TPSA) is 81.1 Å². The molecule has 4 rings (SSSR count). The first kappa shape index (κ1) is 13.3. The molecule has 2 heterocycles. The van der Waals surface area contributed by atoms with Crippen LogP contribution in [0.5, 0.6) is 0 Å². The molecule has 5 nitrogen and oxygen atoms in total. The Bertz CT molecular complexity index is 526. The van der Waals surface area contributed by atoms with Crippen LogP contribution >= 0.6 is 0 Å². The highest BCUT2D eigenvalue weighted by Crippen LogP contribution is 2.46. The van der Waals surface area contributed by atoms with Crippen LogP contribution in [0.3, 0.4) is 0 Å². The molecule has 3 aliphatic rings. The summed E-state index contributed by atoms with van der Waals surface area (Å²) < 4.78 is 0. The average Bonchev–Trinajstić information content (AvgIpc) is 2.93. The SMILES string of the molecule is Nc1nc2c(c(N3CC[C@@H](N)C3)n1)CC[C@H]1CCCC[C@@H]21. The fraction of sp³-hybridized carbons (Fsp3) is 0.750. The summed E-state index contributed by atoms with van der Waals surface area (Å²) in [5.41, 5.74) is 14.7. The molecule has 4 N–H and O–H groups in total. The van der Waals surface area contributed by atoms with E-state index in [9.17, 15) is 0 Å². The van der Waals surface area contributed by atoms with Gasteiger partial charge in [0.25, 0.3) is 0 Å². The zero-order valence-corrected chi connectivity index (χ0v) is 12.6. The molecule has 0 bridgehead atoms. The van der Waals surface area contributed by atoms with Crippen molar-refractivity contribution in [1.29, 1.82) is 0 Å². The molecule has 1 aromatic heterocycles. The number of nitrogens with two attached hydrogens (primary N) is 2. The summed E-state index contributed by atoms with van der Waals surface area (Å²) in [4.78, 5) is 11.6. The summed E-state index contributed by atoms with van der Waals surface area (Å²) in [5, 5.41) is 0. The van der Waals surface area contributed by atoms with Gasteiger partial charge in [0.15, 0.2) is 0 Å². The van der Waals surface area contributed by atoms with Gasteiger partial charge in [0.2, 0.25) is 5.95 Å². The van der Waals surface area contributed by atoms with Crippen molar-refractivity contribution in [3.63, 3.8) is 0 Å². The van der Waals surface area contributed by atoms with Gasteiger partial charge in [0, 0.05) is 30.6 Å². The van der Waals surface area contributed by atoms with Gasteiger partial charge in [-0.1, -0.05) is 12.8 Å². The smallest absolute Gasteiger partial charge is 0.222 e. The van der Waals surface area contributed by atoms with Crippen molar-refractivity contribution in [3.05, 3.63) is 11.3 Å². The fourth-order valence-electron chi connectivity index (χ4n) is 4.54. The fourth-order valence-corrected chi connectivity index (χ4v) is 4.54. The second-order valence-corrected chi connectivity index (χ2v) is 6.95. The Hall–Kier alpha value is -1.36. The van der Waals surface area contributed by atoms with Gasteiger partial charge >= 0.3 is 0 Å². The number of nitrogens with zero attached hydrogens (tertiary/aromatic N) is 3. The maximum absolute atomic E-state index is 6.07. The molecule has 114 valence electrons. The molecular formula is C16H25N5. The maximum atomic E-state index is 6.07.